The summed E-state index contributed by atoms with van der Waals surface area (Å²) in [5.74, 6) is 0.00169. The molecule has 3 N–H and O–H groups in total. The first-order valence-electron chi connectivity index (χ1n) is 7.31. The lowest BCUT2D eigenvalue weighted by atomic mass is 10.1. The molecule has 0 aliphatic carbocycles. The van der Waals surface area contributed by atoms with Crippen molar-refractivity contribution in [2.45, 2.75) is 6.92 Å². The van der Waals surface area contributed by atoms with Crippen LogP contribution >= 0.6 is 0 Å². The van der Waals surface area contributed by atoms with Gasteiger partial charge in [-0.15, -0.1) is 0 Å². The van der Waals surface area contributed by atoms with Crippen molar-refractivity contribution in [2.24, 2.45) is 0 Å². The lowest BCUT2D eigenvalue weighted by Crippen LogP contribution is -2.00. The summed E-state index contributed by atoms with van der Waals surface area (Å²) >= 11 is 0. The number of nitrogens with zero attached hydrogens (tertiary/aromatic N) is 1. The molecule has 0 atom stereocenters. The first-order chi connectivity index (χ1) is 11.1. The number of aromatic nitrogens is 1. The van der Waals surface area contributed by atoms with E-state index in [-0.39, 0.29) is 5.78 Å². The van der Waals surface area contributed by atoms with Gasteiger partial charge >= 0.3 is 0 Å². The Hall–Kier alpha value is -3.14. The van der Waals surface area contributed by atoms with E-state index in [4.69, 9.17) is 5.73 Å². The molecule has 0 fully saturated rings. The standard InChI is InChI=1S/C19H17N3O/c1-13(23)14-7-8-19(18(20)11-14)22-17-6-2-4-15(10-17)16-5-3-9-21-12-16/h2-12,22H,20H2,1H3. The van der Waals surface area contributed by atoms with Crippen molar-refractivity contribution in [3.05, 3.63) is 72.6 Å². The van der Waals surface area contributed by atoms with Crippen molar-refractivity contribution >= 4 is 22.8 Å². The van der Waals surface area contributed by atoms with Gasteiger partial charge in [0.25, 0.3) is 0 Å². The maximum absolute atomic E-state index is 11.4. The second-order valence-electron chi connectivity index (χ2n) is 5.31. The van der Waals surface area contributed by atoms with Crippen molar-refractivity contribution in [1.82, 2.24) is 4.98 Å². The number of carbonyl (C=O) groups excluding carboxylic acids is 1. The summed E-state index contributed by atoms with van der Waals surface area (Å²) in [4.78, 5) is 15.5. The molecule has 0 aliphatic heterocycles. The van der Waals surface area contributed by atoms with Gasteiger partial charge in [-0.1, -0.05) is 18.2 Å². The largest absolute Gasteiger partial charge is 0.397 e. The number of pyridine rings is 1. The molecular formula is C19H17N3O. The van der Waals surface area contributed by atoms with Crippen LogP contribution < -0.4 is 11.1 Å². The molecule has 114 valence electrons. The van der Waals surface area contributed by atoms with E-state index in [0.29, 0.717) is 11.3 Å². The van der Waals surface area contributed by atoms with Gasteiger partial charge in [0.15, 0.2) is 5.78 Å². The van der Waals surface area contributed by atoms with Gasteiger partial charge < -0.3 is 11.1 Å². The monoisotopic (exact) mass is 303 g/mol. The molecular weight excluding hydrogens is 286 g/mol. The zero-order valence-electron chi connectivity index (χ0n) is 12.8. The third-order valence-electron chi connectivity index (χ3n) is 3.59. The van der Waals surface area contributed by atoms with E-state index >= 15 is 0 Å². The van der Waals surface area contributed by atoms with Crippen LogP contribution in [0.25, 0.3) is 11.1 Å². The van der Waals surface area contributed by atoms with E-state index in [9.17, 15) is 4.79 Å². The van der Waals surface area contributed by atoms with Crippen LogP contribution in [0.1, 0.15) is 17.3 Å². The number of benzene rings is 2. The van der Waals surface area contributed by atoms with Gasteiger partial charge in [-0.05, 0) is 48.9 Å². The molecule has 3 aromatic rings. The summed E-state index contributed by atoms with van der Waals surface area (Å²) in [5, 5.41) is 3.29. The van der Waals surface area contributed by atoms with Crippen LogP contribution in [0, 0.1) is 0 Å². The number of nitrogens with two attached hydrogens (primary N) is 1. The highest BCUT2D eigenvalue weighted by Crippen LogP contribution is 2.27. The smallest absolute Gasteiger partial charge is 0.159 e. The van der Waals surface area contributed by atoms with Gasteiger partial charge in [0.05, 0.1) is 11.4 Å². The summed E-state index contributed by atoms with van der Waals surface area (Å²) in [7, 11) is 0. The molecule has 2 aromatic carbocycles. The molecule has 0 spiro atoms. The fourth-order valence-corrected chi connectivity index (χ4v) is 2.36. The molecule has 4 nitrogen and oxygen atoms in total. The Bertz CT molecular complexity index is 844. The Morgan fingerprint density at radius 1 is 1.04 bits per heavy atom. The number of nitrogen functional groups attached to an aromatic ring is 1. The quantitative estimate of drug-likeness (QED) is 0.557. The summed E-state index contributed by atoms with van der Waals surface area (Å²) < 4.78 is 0. The normalized spacial score (nSPS) is 10.3. The Labute approximate surface area is 135 Å². The van der Waals surface area contributed by atoms with Crippen molar-refractivity contribution in [3.8, 4) is 11.1 Å². The fraction of sp³-hybridized carbons (Fsp3) is 0.0526. The van der Waals surface area contributed by atoms with Crippen LogP contribution in [0.2, 0.25) is 0 Å². The maximum atomic E-state index is 11.4. The zero-order chi connectivity index (χ0) is 16.2. The summed E-state index contributed by atoms with van der Waals surface area (Å²) in [6.45, 7) is 1.53. The predicted octanol–water partition coefficient (Wildman–Crippen LogP) is 4.28. The maximum Gasteiger partial charge on any atom is 0.159 e. The Balaban J connectivity index is 1.88. The summed E-state index contributed by atoms with van der Waals surface area (Å²) in [6, 6.07) is 17.2. The lowest BCUT2D eigenvalue weighted by Gasteiger charge is -2.11. The number of anilines is 3. The number of carbonyl (C=O) groups is 1. The van der Waals surface area contributed by atoms with Gasteiger partial charge in [-0.2, -0.15) is 0 Å². The number of rotatable bonds is 4. The van der Waals surface area contributed by atoms with E-state index in [0.717, 1.165) is 22.5 Å². The molecule has 0 aliphatic rings. The van der Waals surface area contributed by atoms with E-state index in [1.807, 2.05) is 48.7 Å². The van der Waals surface area contributed by atoms with Crippen LogP contribution in [0.4, 0.5) is 17.1 Å². The van der Waals surface area contributed by atoms with E-state index < -0.39 is 0 Å². The van der Waals surface area contributed by atoms with E-state index in [2.05, 4.69) is 10.3 Å². The van der Waals surface area contributed by atoms with Gasteiger partial charge in [0, 0.05) is 29.2 Å². The van der Waals surface area contributed by atoms with Crippen molar-refractivity contribution in [2.75, 3.05) is 11.1 Å². The Morgan fingerprint density at radius 2 is 1.87 bits per heavy atom. The minimum Gasteiger partial charge on any atom is -0.397 e. The Morgan fingerprint density at radius 3 is 2.57 bits per heavy atom. The Kier molecular flexibility index (Phi) is 4.06. The number of hydrogen-bond donors (Lipinski definition) is 2. The molecule has 0 saturated carbocycles. The van der Waals surface area contributed by atoms with Crippen molar-refractivity contribution in [1.29, 1.82) is 0 Å². The second kappa shape index (κ2) is 6.32. The first kappa shape index (κ1) is 14.8. The van der Waals surface area contributed by atoms with Crippen LogP contribution in [0.5, 0.6) is 0 Å². The van der Waals surface area contributed by atoms with Crippen LogP contribution in [-0.2, 0) is 0 Å². The summed E-state index contributed by atoms with van der Waals surface area (Å²) in [6.07, 6.45) is 3.58. The molecule has 0 unspecified atom stereocenters. The molecule has 0 bridgehead atoms. The molecule has 3 rings (SSSR count). The highest BCUT2D eigenvalue weighted by molar-refractivity contribution is 5.96. The third-order valence-corrected chi connectivity index (χ3v) is 3.59. The molecule has 4 heteroatoms. The SMILES string of the molecule is CC(=O)c1ccc(Nc2cccc(-c3cccnc3)c2)c(N)c1. The minimum absolute atomic E-state index is 0.00169. The van der Waals surface area contributed by atoms with Crippen LogP contribution in [-0.4, -0.2) is 10.8 Å². The number of ketones is 1. The van der Waals surface area contributed by atoms with Gasteiger partial charge in [-0.3, -0.25) is 9.78 Å². The highest BCUT2D eigenvalue weighted by Gasteiger charge is 2.05. The molecule has 0 radical (unpaired) electrons. The number of Topliss-reactive ketones (excluding diaryl/α,β-unsaturated/α-hetero) is 1. The molecule has 0 amide bonds. The molecule has 1 aromatic heterocycles. The average molecular weight is 303 g/mol. The second-order valence-corrected chi connectivity index (χ2v) is 5.31. The summed E-state index contributed by atoms with van der Waals surface area (Å²) in [5.41, 5.74) is 11.0. The van der Waals surface area contributed by atoms with Crippen molar-refractivity contribution in [3.63, 3.8) is 0 Å². The highest BCUT2D eigenvalue weighted by atomic mass is 16.1. The van der Waals surface area contributed by atoms with Gasteiger partial charge in [0.1, 0.15) is 0 Å². The topological polar surface area (TPSA) is 68.0 Å². The predicted molar refractivity (Wildman–Crippen MR) is 93.8 cm³/mol. The number of hydrogen-bond acceptors (Lipinski definition) is 4. The van der Waals surface area contributed by atoms with Crippen LogP contribution in [0.3, 0.4) is 0 Å². The third kappa shape index (κ3) is 3.37. The number of nitrogens with one attached hydrogen (secondary N) is 1. The minimum atomic E-state index is 0.00169. The van der Waals surface area contributed by atoms with Gasteiger partial charge in [0.2, 0.25) is 0 Å². The fourth-order valence-electron chi connectivity index (χ4n) is 2.36. The lowest BCUT2D eigenvalue weighted by molar-refractivity contribution is 0.101. The average Bonchev–Trinajstić information content (AvgIpc) is 2.57. The van der Waals surface area contributed by atoms with Crippen molar-refractivity contribution < 1.29 is 4.79 Å². The zero-order valence-corrected chi connectivity index (χ0v) is 12.8. The van der Waals surface area contributed by atoms with E-state index in [1.54, 1.807) is 18.3 Å². The molecule has 0 saturated heterocycles. The molecule has 23 heavy (non-hydrogen) atoms. The van der Waals surface area contributed by atoms with E-state index in [1.165, 1.54) is 6.92 Å². The first-order valence-corrected chi connectivity index (χ1v) is 7.31. The van der Waals surface area contributed by atoms with Crippen LogP contribution in [0.15, 0.2) is 67.0 Å². The van der Waals surface area contributed by atoms with Gasteiger partial charge in [-0.25, -0.2) is 0 Å². The molecule has 1 heterocycles.